The highest BCUT2D eigenvalue weighted by atomic mass is 16.5. The third kappa shape index (κ3) is 7.62. The number of alkyl carbamates (subject to hydrolysis) is 1. The van der Waals surface area contributed by atoms with Gasteiger partial charge >= 0.3 is 12.1 Å². The number of rotatable bonds is 4. The lowest BCUT2D eigenvalue weighted by Crippen LogP contribution is -2.45. The van der Waals surface area contributed by atoms with Gasteiger partial charge in [-0.05, 0) is 31.9 Å². The third-order valence-electron chi connectivity index (χ3n) is 3.24. The van der Waals surface area contributed by atoms with Gasteiger partial charge in [0.1, 0.15) is 0 Å². The molecule has 1 aliphatic heterocycles. The van der Waals surface area contributed by atoms with Crippen molar-refractivity contribution >= 4 is 12.1 Å². The van der Waals surface area contributed by atoms with Crippen LogP contribution in [0.1, 0.15) is 31.4 Å². The van der Waals surface area contributed by atoms with Gasteiger partial charge in [0.25, 0.3) is 0 Å². The second kappa shape index (κ2) is 10.6. The number of piperidine rings is 1. The normalized spacial score (nSPS) is 18.1. The fraction of sp³-hybridized carbons (Fsp3) is 0.500. The molecule has 1 fully saturated rings. The van der Waals surface area contributed by atoms with E-state index in [1.165, 1.54) is 0 Å². The molecular formula is C16H24N2O5. The predicted molar refractivity (Wildman–Crippen MR) is 85.1 cm³/mol. The molecule has 0 aromatic heterocycles. The van der Waals surface area contributed by atoms with Gasteiger partial charge in [-0.1, -0.05) is 30.3 Å². The standard InChI is InChI=1S/C8H16N2O2.C8H8O3/c1-2-12-8(11)10-7-4-3-5-9-6-7;9-7(8(10)11)6-4-2-1-3-5-6/h7,9H,2-6H2,1H3,(H,10,11);1-5,7,9H,(H,10,11)/t2*7-/m11/s1. The fourth-order valence-corrected chi connectivity index (χ4v) is 2.09. The minimum Gasteiger partial charge on any atom is -0.479 e. The summed E-state index contributed by atoms with van der Waals surface area (Å²) in [7, 11) is 0. The lowest BCUT2D eigenvalue weighted by atomic mass is 10.1. The molecule has 1 aromatic carbocycles. The van der Waals surface area contributed by atoms with E-state index in [2.05, 4.69) is 10.6 Å². The fourth-order valence-electron chi connectivity index (χ4n) is 2.09. The maximum Gasteiger partial charge on any atom is 0.407 e. The van der Waals surface area contributed by atoms with E-state index < -0.39 is 12.1 Å². The van der Waals surface area contributed by atoms with E-state index >= 15 is 0 Å². The Labute approximate surface area is 135 Å². The first kappa shape index (κ1) is 18.9. The summed E-state index contributed by atoms with van der Waals surface area (Å²) in [6.45, 7) is 4.16. The number of benzene rings is 1. The summed E-state index contributed by atoms with van der Waals surface area (Å²) in [6.07, 6.45) is 0.463. The zero-order chi connectivity index (χ0) is 17.1. The first-order valence-electron chi connectivity index (χ1n) is 7.64. The van der Waals surface area contributed by atoms with Crippen molar-refractivity contribution in [2.75, 3.05) is 19.7 Å². The number of carbonyl (C=O) groups is 2. The van der Waals surface area contributed by atoms with Gasteiger partial charge in [0.15, 0.2) is 6.10 Å². The Bertz CT molecular complexity index is 475. The molecule has 1 aliphatic rings. The maximum absolute atomic E-state index is 11.0. The van der Waals surface area contributed by atoms with Gasteiger partial charge in [-0.2, -0.15) is 0 Å². The first-order chi connectivity index (χ1) is 11.0. The molecule has 1 saturated heterocycles. The van der Waals surface area contributed by atoms with Crippen molar-refractivity contribution in [1.29, 1.82) is 0 Å². The van der Waals surface area contributed by atoms with Crippen LogP contribution in [0.4, 0.5) is 4.79 Å². The molecule has 23 heavy (non-hydrogen) atoms. The lowest BCUT2D eigenvalue weighted by Gasteiger charge is -2.23. The number of hydrogen-bond donors (Lipinski definition) is 4. The highest BCUT2D eigenvalue weighted by Gasteiger charge is 2.15. The number of aliphatic hydroxyl groups excluding tert-OH is 1. The van der Waals surface area contributed by atoms with Gasteiger partial charge in [0.2, 0.25) is 0 Å². The molecule has 0 radical (unpaired) electrons. The van der Waals surface area contributed by atoms with Gasteiger partial charge in [0.05, 0.1) is 6.61 Å². The summed E-state index contributed by atoms with van der Waals surface area (Å²) >= 11 is 0. The number of carboxylic acids is 1. The Kier molecular flexibility index (Phi) is 8.71. The van der Waals surface area contributed by atoms with Crippen LogP contribution in [0, 0.1) is 0 Å². The number of aliphatic hydroxyl groups is 1. The van der Waals surface area contributed by atoms with Crippen LogP contribution in [0.3, 0.4) is 0 Å². The number of aliphatic carboxylic acids is 1. The molecule has 0 bridgehead atoms. The van der Waals surface area contributed by atoms with E-state index in [1.54, 1.807) is 37.3 Å². The van der Waals surface area contributed by atoms with Crippen LogP contribution in [0.5, 0.6) is 0 Å². The zero-order valence-corrected chi connectivity index (χ0v) is 13.2. The summed E-state index contributed by atoms with van der Waals surface area (Å²) in [5.74, 6) is -1.23. The topological polar surface area (TPSA) is 108 Å². The molecule has 0 aliphatic carbocycles. The summed E-state index contributed by atoms with van der Waals surface area (Å²) in [4.78, 5) is 21.2. The molecule has 7 heteroatoms. The van der Waals surface area contributed by atoms with Crippen molar-refractivity contribution in [3.05, 3.63) is 35.9 Å². The highest BCUT2D eigenvalue weighted by molar-refractivity contribution is 5.73. The van der Waals surface area contributed by atoms with Crippen LogP contribution in [-0.4, -0.2) is 48.0 Å². The van der Waals surface area contributed by atoms with Crippen LogP contribution < -0.4 is 10.6 Å². The number of amides is 1. The van der Waals surface area contributed by atoms with Crippen LogP contribution in [0.25, 0.3) is 0 Å². The maximum atomic E-state index is 11.0. The van der Waals surface area contributed by atoms with Gasteiger partial charge < -0.3 is 25.6 Å². The van der Waals surface area contributed by atoms with Gasteiger partial charge in [-0.15, -0.1) is 0 Å². The van der Waals surface area contributed by atoms with Crippen molar-refractivity contribution in [1.82, 2.24) is 10.6 Å². The largest absolute Gasteiger partial charge is 0.479 e. The monoisotopic (exact) mass is 324 g/mol. The number of hydrogen-bond acceptors (Lipinski definition) is 5. The Hall–Kier alpha value is -2.12. The summed E-state index contributed by atoms with van der Waals surface area (Å²) in [6, 6.07) is 8.51. The van der Waals surface area contributed by atoms with E-state index in [0.717, 1.165) is 25.9 Å². The van der Waals surface area contributed by atoms with Crippen molar-refractivity contribution in [2.24, 2.45) is 0 Å². The quantitative estimate of drug-likeness (QED) is 0.665. The molecule has 0 unspecified atom stereocenters. The molecule has 2 rings (SSSR count). The minimum absolute atomic E-state index is 0.248. The Morgan fingerprint density at radius 1 is 1.39 bits per heavy atom. The number of ether oxygens (including phenoxy) is 1. The first-order valence-corrected chi connectivity index (χ1v) is 7.64. The van der Waals surface area contributed by atoms with E-state index in [9.17, 15) is 9.59 Å². The summed E-state index contributed by atoms with van der Waals surface area (Å²) in [5, 5.41) is 23.4. The Morgan fingerprint density at radius 2 is 2.09 bits per heavy atom. The predicted octanol–water partition coefficient (Wildman–Crippen LogP) is 1.29. The second-order valence-electron chi connectivity index (χ2n) is 5.06. The zero-order valence-electron chi connectivity index (χ0n) is 13.2. The molecule has 2 atom stereocenters. The van der Waals surface area contributed by atoms with Gasteiger partial charge in [-0.3, -0.25) is 0 Å². The van der Waals surface area contributed by atoms with Crippen molar-refractivity contribution < 1.29 is 24.5 Å². The molecule has 0 saturated carbocycles. The van der Waals surface area contributed by atoms with Crippen molar-refractivity contribution in [3.8, 4) is 0 Å². The number of nitrogens with one attached hydrogen (secondary N) is 2. The molecule has 1 amide bonds. The number of carbonyl (C=O) groups excluding carboxylic acids is 1. The summed E-state index contributed by atoms with van der Waals surface area (Å²) < 4.78 is 4.77. The second-order valence-corrected chi connectivity index (χ2v) is 5.06. The van der Waals surface area contributed by atoms with Crippen LogP contribution in [-0.2, 0) is 9.53 Å². The van der Waals surface area contributed by atoms with E-state index in [4.69, 9.17) is 14.9 Å². The lowest BCUT2D eigenvalue weighted by molar-refractivity contribution is -0.146. The van der Waals surface area contributed by atoms with Gasteiger partial charge in [-0.25, -0.2) is 9.59 Å². The van der Waals surface area contributed by atoms with E-state index in [0.29, 0.717) is 12.2 Å². The number of carboxylic acid groups (broad SMARTS) is 1. The van der Waals surface area contributed by atoms with Gasteiger partial charge in [0, 0.05) is 12.6 Å². The molecule has 7 nitrogen and oxygen atoms in total. The van der Waals surface area contributed by atoms with Crippen LogP contribution >= 0.6 is 0 Å². The van der Waals surface area contributed by atoms with Crippen LogP contribution in [0.15, 0.2) is 30.3 Å². The molecule has 1 aromatic rings. The van der Waals surface area contributed by atoms with E-state index in [-0.39, 0.29) is 12.1 Å². The molecule has 0 spiro atoms. The van der Waals surface area contributed by atoms with E-state index in [1.807, 2.05) is 0 Å². The minimum atomic E-state index is -1.41. The molecule has 4 N–H and O–H groups in total. The molecular weight excluding hydrogens is 300 g/mol. The molecule has 128 valence electrons. The average molecular weight is 324 g/mol. The SMILES string of the molecule is CCOC(=O)N[C@@H]1CCCNC1.O=C(O)[C@H](O)c1ccccc1. The molecule has 1 heterocycles. The smallest absolute Gasteiger partial charge is 0.407 e. The van der Waals surface area contributed by atoms with Crippen molar-refractivity contribution in [3.63, 3.8) is 0 Å². The Balaban J connectivity index is 0.000000231. The third-order valence-corrected chi connectivity index (χ3v) is 3.24. The average Bonchev–Trinajstić information content (AvgIpc) is 2.56. The summed E-state index contributed by atoms with van der Waals surface area (Å²) in [5.41, 5.74) is 0.403. The van der Waals surface area contributed by atoms with Crippen molar-refractivity contribution in [2.45, 2.75) is 31.9 Å². The highest BCUT2D eigenvalue weighted by Crippen LogP contribution is 2.10. The Morgan fingerprint density at radius 3 is 2.61 bits per heavy atom. The van der Waals surface area contributed by atoms with Crippen LogP contribution in [0.2, 0.25) is 0 Å².